The average Bonchev–Trinajstić information content (AvgIpc) is 3.17. The number of benzene rings is 3. The van der Waals surface area contributed by atoms with Gasteiger partial charge >= 0.3 is 0 Å². The molecule has 4 nitrogen and oxygen atoms in total. The SMILES string of the molecule is CN(C)CCCN1c2ccccc2Sc2cc(-c3cc4ccccc4n3CCN)ccc21. The van der Waals surface area contributed by atoms with Gasteiger partial charge in [-0.2, -0.15) is 0 Å². The van der Waals surface area contributed by atoms with Crippen LogP contribution < -0.4 is 10.6 Å². The Morgan fingerprint density at radius 2 is 1.62 bits per heavy atom. The van der Waals surface area contributed by atoms with E-state index in [4.69, 9.17) is 5.73 Å². The zero-order chi connectivity index (χ0) is 22.1. The highest BCUT2D eigenvalue weighted by Crippen LogP contribution is 2.49. The number of nitrogens with zero attached hydrogens (tertiary/aromatic N) is 3. The minimum absolute atomic E-state index is 0.623. The zero-order valence-electron chi connectivity index (χ0n) is 18.8. The quantitative estimate of drug-likeness (QED) is 0.391. The van der Waals surface area contributed by atoms with Crippen molar-refractivity contribution in [2.45, 2.75) is 22.8 Å². The molecule has 3 aromatic carbocycles. The molecule has 2 heterocycles. The number of fused-ring (bicyclic) bond motifs is 3. The summed E-state index contributed by atoms with van der Waals surface area (Å²) in [6.07, 6.45) is 1.12. The maximum atomic E-state index is 5.97. The molecule has 0 unspecified atom stereocenters. The summed E-state index contributed by atoms with van der Waals surface area (Å²) in [5.74, 6) is 0. The number of hydrogen-bond donors (Lipinski definition) is 1. The number of para-hydroxylation sites is 2. The van der Waals surface area contributed by atoms with Crippen LogP contribution >= 0.6 is 11.8 Å². The highest BCUT2D eigenvalue weighted by atomic mass is 32.2. The van der Waals surface area contributed by atoms with E-state index >= 15 is 0 Å². The van der Waals surface area contributed by atoms with E-state index in [1.54, 1.807) is 0 Å². The molecule has 5 rings (SSSR count). The Morgan fingerprint density at radius 3 is 2.47 bits per heavy atom. The van der Waals surface area contributed by atoms with Crippen molar-refractivity contribution in [3.8, 4) is 11.3 Å². The van der Waals surface area contributed by atoms with Crippen molar-refractivity contribution < 1.29 is 0 Å². The Balaban J connectivity index is 1.56. The van der Waals surface area contributed by atoms with Crippen molar-refractivity contribution in [3.63, 3.8) is 0 Å². The number of anilines is 2. The van der Waals surface area contributed by atoms with Crippen molar-refractivity contribution in [3.05, 3.63) is 72.8 Å². The van der Waals surface area contributed by atoms with Gasteiger partial charge in [0.1, 0.15) is 0 Å². The molecule has 164 valence electrons. The van der Waals surface area contributed by atoms with Crippen molar-refractivity contribution >= 4 is 34.0 Å². The summed E-state index contributed by atoms with van der Waals surface area (Å²) in [5.41, 5.74) is 12.3. The molecule has 1 aliphatic rings. The summed E-state index contributed by atoms with van der Waals surface area (Å²) in [5, 5.41) is 1.26. The van der Waals surface area contributed by atoms with Crippen molar-refractivity contribution in [1.82, 2.24) is 9.47 Å². The minimum atomic E-state index is 0.623. The Bertz CT molecular complexity index is 1240. The summed E-state index contributed by atoms with van der Waals surface area (Å²) in [6.45, 7) is 3.53. The highest BCUT2D eigenvalue weighted by molar-refractivity contribution is 7.99. The van der Waals surface area contributed by atoms with E-state index in [1.807, 2.05) is 11.8 Å². The second-order valence-electron chi connectivity index (χ2n) is 8.59. The number of aromatic nitrogens is 1. The van der Waals surface area contributed by atoms with Crippen LogP contribution in [-0.2, 0) is 6.54 Å². The van der Waals surface area contributed by atoms with E-state index in [2.05, 4.69) is 101 Å². The largest absolute Gasteiger partial charge is 0.340 e. The van der Waals surface area contributed by atoms with E-state index in [1.165, 1.54) is 43.3 Å². The van der Waals surface area contributed by atoms with Gasteiger partial charge in [-0.3, -0.25) is 0 Å². The monoisotopic (exact) mass is 442 g/mol. The van der Waals surface area contributed by atoms with E-state index in [0.717, 1.165) is 26.1 Å². The molecule has 1 aromatic heterocycles. The lowest BCUT2D eigenvalue weighted by Gasteiger charge is -2.33. The molecule has 0 saturated heterocycles. The van der Waals surface area contributed by atoms with Crippen molar-refractivity contribution in [2.75, 3.05) is 38.6 Å². The minimum Gasteiger partial charge on any atom is -0.340 e. The van der Waals surface area contributed by atoms with Crippen LogP contribution in [0.25, 0.3) is 22.2 Å². The third-order valence-electron chi connectivity index (χ3n) is 6.07. The zero-order valence-corrected chi connectivity index (χ0v) is 19.6. The third kappa shape index (κ3) is 3.92. The molecule has 0 bridgehead atoms. The molecule has 0 radical (unpaired) electrons. The molecule has 2 N–H and O–H groups in total. The predicted molar refractivity (Wildman–Crippen MR) is 137 cm³/mol. The number of hydrogen-bond acceptors (Lipinski definition) is 4. The van der Waals surface area contributed by atoms with Crippen LogP contribution in [0, 0.1) is 0 Å². The fraction of sp³-hybridized carbons (Fsp3) is 0.259. The lowest BCUT2D eigenvalue weighted by molar-refractivity contribution is 0.402. The first-order valence-electron chi connectivity index (χ1n) is 11.3. The maximum absolute atomic E-state index is 5.97. The lowest BCUT2D eigenvalue weighted by Crippen LogP contribution is -2.25. The van der Waals surface area contributed by atoms with Gasteiger partial charge in [0.15, 0.2) is 0 Å². The first-order chi connectivity index (χ1) is 15.7. The van der Waals surface area contributed by atoms with Crippen LogP contribution in [0.5, 0.6) is 0 Å². The van der Waals surface area contributed by atoms with Crippen LogP contribution in [0.2, 0.25) is 0 Å². The molecule has 32 heavy (non-hydrogen) atoms. The Hall–Kier alpha value is -2.73. The summed E-state index contributed by atoms with van der Waals surface area (Å²) in [4.78, 5) is 7.38. The van der Waals surface area contributed by atoms with Crippen molar-refractivity contribution in [2.24, 2.45) is 5.73 Å². The second-order valence-corrected chi connectivity index (χ2v) is 9.67. The smallest absolute Gasteiger partial charge is 0.0553 e. The van der Waals surface area contributed by atoms with E-state index in [9.17, 15) is 0 Å². The summed E-state index contributed by atoms with van der Waals surface area (Å²) in [6, 6.07) is 26.6. The van der Waals surface area contributed by atoms with Gasteiger partial charge in [0.25, 0.3) is 0 Å². The summed E-state index contributed by atoms with van der Waals surface area (Å²) < 4.78 is 2.35. The molecular weight excluding hydrogens is 412 g/mol. The summed E-state index contributed by atoms with van der Waals surface area (Å²) in [7, 11) is 4.28. The average molecular weight is 443 g/mol. The van der Waals surface area contributed by atoms with Crippen LogP contribution in [0.1, 0.15) is 6.42 Å². The predicted octanol–water partition coefficient (Wildman–Crippen LogP) is 5.82. The van der Waals surface area contributed by atoms with Crippen LogP contribution in [0.15, 0.2) is 82.6 Å². The van der Waals surface area contributed by atoms with Crippen LogP contribution in [0.4, 0.5) is 11.4 Å². The standard InChI is InChI=1S/C27H30N4S/c1-29(2)15-7-16-30-23-10-5-6-11-26(23)32-27-19-21(12-13-24(27)30)25-18-20-8-3-4-9-22(20)31(25)17-14-28/h3-6,8-13,18-19H,7,14-17,28H2,1-2H3. The topological polar surface area (TPSA) is 37.4 Å². The molecule has 0 atom stereocenters. The van der Waals surface area contributed by atoms with Gasteiger partial charge in [0.05, 0.1) is 11.4 Å². The van der Waals surface area contributed by atoms with E-state index in [-0.39, 0.29) is 0 Å². The Labute approximate surface area is 194 Å². The number of nitrogens with two attached hydrogens (primary N) is 1. The maximum Gasteiger partial charge on any atom is 0.0553 e. The van der Waals surface area contributed by atoms with E-state index < -0.39 is 0 Å². The van der Waals surface area contributed by atoms with Gasteiger partial charge in [-0.25, -0.2) is 0 Å². The molecule has 1 aliphatic heterocycles. The van der Waals surface area contributed by atoms with Gasteiger partial charge in [-0.15, -0.1) is 0 Å². The van der Waals surface area contributed by atoms with E-state index in [0.29, 0.717) is 6.54 Å². The van der Waals surface area contributed by atoms with Gasteiger partial charge in [-0.1, -0.05) is 48.2 Å². The highest BCUT2D eigenvalue weighted by Gasteiger charge is 2.24. The van der Waals surface area contributed by atoms with Gasteiger partial charge in [0, 0.05) is 46.0 Å². The van der Waals surface area contributed by atoms with Crippen molar-refractivity contribution in [1.29, 1.82) is 0 Å². The molecule has 0 aliphatic carbocycles. The Morgan fingerprint density at radius 1 is 0.844 bits per heavy atom. The third-order valence-corrected chi connectivity index (χ3v) is 7.18. The fourth-order valence-corrected chi connectivity index (χ4v) is 5.73. The van der Waals surface area contributed by atoms with Crippen LogP contribution in [-0.4, -0.2) is 43.2 Å². The molecular formula is C27H30N4S. The van der Waals surface area contributed by atoms with Gasteiger partial charge in [0.2, 0.25) is 0 Å². The fourth-order valence-electron chi connectivity index (χ4n) is 4.60. The van der Waals surface area contributed by atoms with Crippen LogP contribution in [0.3, 0.4) is 0 Å². The Kier molecular flexibility index (Phi) is 5.96. The molecule has 0 fully saturated rings. The molecule has 0 amide bonds. The van der Waals surface area contributed by atoms with Gasteiger partial charge in [-0.05, 0) is 69.0 Å². The normalized spacial score (nSPS) is 12.9. The lowest BCUT2D eigenvalue weighted by atomic mass is 10.1. The first kappa shape index (κ1) is 21.1. The molecule has 0 spiro atoms. The molecule has 4 aromatic rings. The summed E-state index contributed by atoms with van der Waals surface area (Å²) >= 11 is 1.87. The molecule has 0 saturated carbocycles. The number of rotatable bonds is 7. The molecule has 5 heteroatoms. The first-order valence-corrected chi connectivity index (χ1v) is 12.1. The second kappa shape index (κ2) is 9.02. The van der Waals surface area contributed by atoms with Gasteiger partial charge < -0.3 is 20.1 Å².